The van der Waals surface area contributed by atoms with Gasteiger partial charge in [0.2, 0.25) is 5.95 Å². The zero-order valence-corrected chi connectivity index (χ0v) is 18.0. The van der Waals surface area contributed by atoms with Gasteiger partial charge in [0.25, 0.3) is 0 Å². The topological polar surface area (TPSA) is 56.3 Å². The quantitative estimate of drug-likeness (QED) is 0.820. The molecule has 0 aliphatic carbocycles. The lowest BCUT2D eigenvalue weighted by molar-refractivity contribution is 0.189. The minimum Gasteiger partial charge on any atom is -0.366 e. The summed E-state index contributed by atoms with van der Waals surface area (Å²) in [4.78, 5) is 16.0. The average Bonchev–Trinajstić information content (AvgIpc) is 3.10. The van der Waals surface area contributed by atoms with Gasteiger partial charge in [-0.15, -0.1) is 11.8 Å². The van der Waals surface area contributed by atoms with Crippen LogP contribution in [0, 0.1) is 0 Å². The number of aryl methyl sites for hydroxylation is 1. The number of hydrogen-bond acceptors (Lipinski definition) is 7. The normalized spacial score (nSPS) is 32.3. The maximum absolute atomic E-state index is 4.94. The van der Waals surface area contributed by atoms with Crippen LogP contribution in [0.2, 0.25) is 0 Å². The van der Waals surface area contributed by atoms with E-state index in [0.29, 0.717) is 24.2 Å². The first-order valence-corrected chi connectivity index (χ1v) is 11.5. The predicted molar refractivity (Wildman–Crippen MR) is 114 cm³/mol. The Kier molecular flexibility index (Phi) is 5.81. The molecule has 1 aromatic heterocycles. The highest BCUT2D eigenvalue weighted by Crippen LogP contribution is 2.37. The molecule has 4 heterocycles. The van der Waals surface area contributed by atoms with Crippen LogP contribution in [0.3, 0.4) is 0 Å². The molecule has 2 fully saturated rings. The molecule has 150 valence electrons. The van der Waals surface area contributed by atoms with E-state index in [1.54, 1.807) is 0 Å². The van der Waals surface area contributed by atoms with E-state index < -0.39 is 0 Å². The molecule has 27 heavy (non-hydrogen) atoms. The van der Waals surface area contributed by atoms with Gasteiger partial charge in [0.1, 0.15) is 5.82 Å². The van der Waals surface area contributed by atoms with Crippen molar-refractivity contribution in [1.29, 1.82) is 0 Å². The standard InChI is InChI=1S/C20H34N6S/c1-13-11-15(5-8-25(13)3)21-19-18-17(7-10-27-18)23-20(24-19)22-16-6-9-26(4)14(2)12-16/h13-16H,5-12H2,1-4H3,(H2,21,22,23,24). The molecular weight excluding hydrogens is 356 g/mol. The Morgan fingerprint density at radius 2 is 1.56 bits per heavy atom. The van der Waals surface area contributed by atoms with Gasteiger partial charge in [-0.1, -0.05) is 0 Å². The molecule has 4 rings (SSSR count). The molecular formula is C20H34N6S. The van der Waals surface area contributed by atoms with Gasteiger partial charge in [-0.3, -0.25) is 0 Å². The lowest BCUT2D eigenvalue weighted by Gasteiger charge is -2.36. The molecule has 3 aliphatic rings. The van der Waals surface area contributed by atoms with Crippen LogP contribution in [-0.2, 0) is 6.42 Å². The van der Waals surface area contributed by atoms with E-state index >= 15 is 0 Å². The summed E-state index contributed by atoms with van der Waals surface area (Å²) in [5.74, 6) is 3.01. The molecule has 4 unspecified atom stereocenters. The molecule has 0 saturated carbocycles. The Hall–Kier alpha value is -1.05. The van der Waals surface area contributed by atoms with Crippen molar-refractivity contribution in [2.24, 2.45) is 0 Å². The summed E-state index contributed by atoms with van der Waals surface area (Å²) >= 11 is 1.91. The Balaban J connectivity index is 1.48. The molecule has 6 nitrogen and oxygen atoms in total. The molecule has 1 aromatic rings. The third-order valence-electron chi connectivity index (χ3n) is 6.61. The highest BCUT2D eigenvalue weighted by molar-refractivity contribution is 7.99. The van der Waals surface area contributed by atoms with Crippen LogP contribution in [0.15, 0.2) is 4.90 Å². The second-order valence-electron chi connectivity index (χ2n) is 8.66. The lowest BCUT2D eigenvalue weighted by Crippen LogP contribution is -2.43. The summed E-state index contributed by atoms with van der Waals surface area (Å²) in [5.41, 5.74) is 1.22. The van der Waals surface area contributed by atoms with E-state index in [1.165, 1.54) is 23.4 Å². The summed E-state index contributed by atoms with van der Waals surface area (Å²) < 4.78 is 0. The van der Waals surface area contributed by atoms with Crippen LogP contribution >= 0.6 is 11.8 Å². The average molecular weight is 391 g/mol. The number of piperidine rings is 2. The zero-order valence-electron chi connectivity index (χ0n) is 17.2. The summed E-state index contributed by atoms with van der Waals surface area (Å²) in [6, 6.07) is 2.21. The first-order valence-electron chi connectivity index (χ1n) is 10.5. The number of hydrogen-bond donors (Lipinski definition) is 2. The molecule has 3 aliphatic heterocycles. The van der Waals surface area contributed by atoms with Gasteiger partial charge in [-0.25, -0.2) is 4.98 Å². The van der Waals surface area contributed by atoms with Crippen LogP contribution < -0.4 is 10.6 Å². The van der Waals surface area contributed by atoms with E-state index in [2.05, 4.69) is 48.4 Å². The minimum atomic E-state index is 0.472. The number of nitrogens with one attached hydrogen (secondary N) is 2. The van der Waals surface area contributed by atoms with Gasteiger partial charge in [0.15, 0.2) is 0 Å². The number of nitrogens with zero attached hydrogens (tertiary/aromatic N) is 4. The van der Waals surface area contributed by atoms with Crippen molar-refractivity contribution in [3.63, 3.8) is 0 Å². The van der Waals surface area contributed by atoms with E-state index in [4.69, 9.17) is 9.97 Å². The lowest BCUT2D eigenvalue weighted by atomic mass is 9.99. The number of anilines is 2. The van der Waals surface area contributed by atoms with Gasteiger partial charge in [0.05, 0.1) is 10.6 Å². The minimum absolute atomic E-state index is 0.472. The van der Waals surface area contributed by atoms with Crippen molar-refractivity contribution in [2.45, 2.75) is 75.0 Å². The second kappa shape index (κ2) is 8.13. The van der Waals surface area contributed by atoms with E-state index in [-0.39, 0.29) is 0 Å². The molecule has 0 amide bonds. The van der Waals surface area contributed by atoms with Gasteiger partial charge in [-0.2, -0.15) is 4.98 Å². The number of rotatable bonds is 4. The number of fused-ring (bicyclic) bond motifs is 1. The van der Waals surface area contributed by atoms with Gasteiger partial charge in [-0.05, 0) is 53.6 Å². The number of thioether (sulfide) groups is 1. The summed E-state index contributed by atoms with van der Waals surface area (Å²) in [6.07, 6.45) is 5.72. The highest BCUT2D eigenvalue weighted by Gasteiger charge is 2.28. The van der Waals surface area contributed by atoms with E-state index in [9.17, 15) is 0 Å². The summed E-state index contributed by atoms with van der Waals surface area (Å²) in [5, 5.41) is 7.43. The highest BCUT2D eigenvalue weighted by atomic mass is 32.2. The fourth-order valence-electron chi connectivity index (χ4n) is 4.45. The fraction of sp³-hybridized carbons (Fsp3) is 0.800. The molecule has 2 saturated heterocycles. The first kappa shape index (κ1) is 19.3. The number of aromatic nitrogens is 2. The van der Waals surface area contributed by atoms with Crippen LogP contribution in [0.4, 0.5) is 11.8 Å². The van der Waals surface area contributed by atoms with Crippen LogP contribution in [0.25, 0.3) is 0 Å². The molecule has 0 spiro atoms. The SMILES string of the molecule is CC1CC(Nc2nc3c(c(NC4CCN(C)C(C)C4)n2)SCC3)CCN1C. The maximum Gasteiger partial charge on any atom is 0.225 e. The van der Waals surface area contributed by atoms with Crippen LogP contribution in [-0.4, -0.2) is 76.9 Å². The summed E-state index contributed by atoms with van der Waals surface area (Å²) in [6.45, 7) is 6.92. The van der Waals surface area contributed by atoms with E-state index in [0.717, 1.165) is 49.9 Å². The van der Waals surface area contributed by atoms with Gasteiger partial charge >= 0.3 is 0 Å². The van der Waals surface area contributed by atoms with Crippen molar-refractivity contribution in [3.8, 4) is 0 Å². The molecule has 0 bridgehead atoms. The Morgan fingerprint density at radius 3 is 2.19 bits per heavy atom. The van der Waals surface area contributed by atoms with Crippen molar-refractivity contribution in [2.75, 3.05) is 43.6 Å². The van der Waals surface area contributed by atoms with Gasteiger partial charge in [0, 0.05) is 49.4 Å². The second-order valence-corrected chi connectivity index (χ2v) is 9.77. The van der Waals surface area contributed by atoms with Crippen LogP contribution in [0.1, 0.15) is 45.2 Å². The van der Waals surface area contributed by atoms with Gasteiger partial charge < -0.3 is 20.4 Å². The smallest absolute Gasteiger partial charge is 0.225 e. The monoisotopic (exact) mass is 390 g/mol. The third kappa shape index (κ3) is 4.35. The largest absolute Gasteiger partial charge is 0.366 e. The van der Waals surface area contributed by atoms with E-state index in [1.807, 2.05) is 11.8 Å². The predicted octanol–water partition coefficient (Wildman–Crippen LogP) is 2.91. The number of likely N-dealkylation sites (tertiary alicyclic amines) is 2. The Bertz CT molecular complexity index is 668. The van der Waals surface area contributed by atoms with Crippen molar-refractivity contribution in [3.05, 3.63) is 5.69 Å². The van der Waals surface area contributed by atoms with Crippen LogP contribution in [0.5, 0.6) is 0 Å². The fourth-order valence-corrected chi connectivity index (χ4v) is 5.50. The van der Waals surface area contributed by atoms with Crippen molar-refractivity contribution < 1.29 is 0 Å². The van der Waals surface area contributed by atoms with Crippen molar-refractivity contribution >= 4 is 23.5 Å². The summed E-state index contributed by atoms with van der Waals surface area (Å²) in [7, 11) is 4.44. The first-order chi connectivity index (χ1) is 13.0. The van der Waals surface area contributed by atoms with Crippen molar-refractivity contribution in [1.82, 2.24) is 19.8 Å². The molecule has 0 radical (unpaired) electrons. The molecule has 2 N–H and O–H groups in total. The third-order valence-corrected chi connectivity index (χ3v) is 7.74. The Labute approximate surface area is 167 Å². The molecule has 4 atom stereocenters. The zero-order chi connectivity index (χ0) is 19.0. The Morgan fingerprint density at radius 1 is 0.926 bits per heavy atom. The maximum atomic E-state index is 4.94. The molecule has 0 aromatic carbocycles. The molecule has 7 heteroatoms.